The van der Waals surface area contributed by atoms with Gasteiger partial charge in [0.15, 0.2) is 5.78 Å². The Morgan fingerprint density at radius 1 is 1.11 bits per heavy atom. The highest BCUT2D eigenvalue weighted by Gasteiger charge is 2.20. The minimum absolute atomic E-state index is 0.129. The van der Waals surface area contributed by atoms with E-state index in [0.717, 1.165) is 16.3 Å². The Morgan fingerprint density at radius 2 is 1.94 bits per heavy atom. The van der Waals surface area contributed by atoms with Crippen LogP contribution >= 0.6 is 0 Å². The van der Waals surface area contributed by atoms with Crippen molar-refractivity contribution in [1.29, 1.82) is 0 Å². The highest BCUT2D eigenvalue weighted by atomic mass is 16.5. The van der Waals surface area contributed by atoms with Crippen molar-refractivity contribution in [3.8, 4) is 5.75 Å². The summed E-state index contributed by atoms with van der Waals surface area (Å²) in [5.41, 5.74) is 1.44. The van der Waals surface area contributed by atoms with Crippen LogP contribution in [-0.4, -0.2) is 11.8 Å². The Kier molecular flexibility index (Phi) is 2.27. The molecule has 0 bridgehead atoms. The van der Waals surface area contributed by atoms with Crippen LogP contribution in [0.15, 0.2) is 36.4 Å². The molecule has 0 fully saturated rings. The molecular formula is C15H10O3. The average molecular weight is 238 g/mol. The van der Waals surface area contributed by atoms with Crippen LogP contribution < -0.4 is 4.74 Å². The molecule has 1 aliphatic carbocycles. The second-order valence-electron chi connectivity index (χ2n) is 4.18. The van der Waals surface area contributed by atoms with Crippen LogP contribution in [0.4, 0.5) is 0 Å². The van der Waals surface area contributed by atoms with Gasteiger partial charge in [-0.05, 0) is 23.1 Å². The third-order valence-corrected chi connectivity index (χ3v) is 2.95. The minimum Gasteiger partial charge on any atom is -0.426 e. The van der Waals surface area contributed by atoms with Crippen LogP contribution in [0, 0.1) is 0 Å². The number of esters is 1. The summed E-state index contributed by atoms with van der Waals surface area (Å²) in [6.45, 7) is 1.33. The molecule has 2 aromatic carbocycles. The minimum atomic E-state index is -0.426. The van der Waals surface area contributed by atoms with Crippen LogP contribution in [0.25, 0.3) is 16.8 Å². The molecule has 1 aliphatic rings. The number of hydrogen-bond acceptors (Lipinski definition) is 3. The van der Waals surface area contributed by atoms with E-state index in [9.17, 15) is 9.59 Å². The van der Waals surface area contributed by atoms with Gasteiger partial charge in [0.25, 0.3) is 0 Å². The zero-order valence-corrected chi connectivity index (χ0v) is 9.77. The second kappa shape index (κ2) is 3.81. The maximum atomic E-state index is 12.0. The van der Waals surface area contributed by atoms with E-state index in [4.69, 9.17) is 4.74 Å². The maximum absolute atomic E-state index is 12.0. The summed E-state index contributed by atoms with van der Waals surface area (Å²) in [5.74, 6) is -0.224. The summed E-state index contributed by atoms with van der Waals surface area (Å²) in [5, 5.41) is 1.82. The zero-order valence-electron chi connectivity index (χ0n) is 9.77. The van der Waals surface area contributed by atoms with Crippen LogP contribution in [-0.2, 0) is 4.79 Å². The smallest absolute Gasteiger partial charge is 0.308 e. The number of hydrogen-bond donors (Lipinski definition) is 0. The Labute approximate surface area is 104 Å². The molecule has 2 aromatic rings. The summed E-state index contributed by atoms with van der Waals surface area (Å²) in [7, 11) is 0. The van der Waals surface area contributed by atoms with E-state index in [-0.39, 0.29) is 5.78 Å². The maximum Gasteiger partial charge on any atom is 0.308 e. The topological polar surface area (TPSA) is 43.4 Å². The Hall–Kier alpha value is -2.42. The summed E-state index contributed by atoms with van der Waals surface area (Å²) in [6, 6.07) is 9.33. The van der Waals surface area contributed by atoms with Gasteiger partial charge in [0, 0.05) is 12.3 Å². The first-order valence-corrected chi connectivity index (χ1v) is 5.63. The molecule has 0 radical (unpaired) electrons. The molecule has 0 heterocycles. The zero-order chi connectivity index (χ0) is 12.7. The Balaban J connectivity index is 2.38. The van der Waals surface area contributed by atoms with Crippen molar-refractivity contribution in [2.24, 2.45) is 0 Å². The number of allylic oxidation sites excluding steroid dienone is 1. The van der Waals surface area contributed by atoms with Gasteiger partial charge in [-0.2, -0.15) is 0 Å². The monoisotopic (exact) mass is 238 g/mol. The van der Waals surface area contributed by atoms with Crippen molar-refractivity contribution in [3.63, 3.8) is 0 Å². The quantitative estimate of drug-likeness (QED) is 0.566. The Morgan fingerprint density at radius 3 is 2.72 bits per heavy atom. The predicted molar refractivity (Wildman–Crippen MR) is 68.6 cm³/mol. The molecule has 3 heteroatoms. The fourth-order valence-corrected chi connectivity index (χ4v) is 2.26. The first-order chi connectivity index (χ1) is 8.66. The third kappa shape index (κ3) is 1.52. The van der Waals surface area contributed by atoms with Gasteiger partial charge in [-0.3, -0.25) is 9.59 Å². The molecule has 0 aliphatic heterocycles. The molecule has 0 atom stereocenters. The van der Waals surface area contributed by atoms with Gasteiger partial charge in [0.2, 0.25) is 0 Å². The molecule has 0 saturated heterocycles. The molecule has 0 spiro atoms. The molecular weight excluding hydrogens is 228 g/mol. The highest BCUT2D eigenvalue weighted by molar-refractivity contribution is 6.21. The fraction of sp³-hybridized carbons (Fsp3) is 0.0667. The van der Waals surface area contributed by atoms with Gasteiger partial charge in [0.05, 0.1) is 5.56 Å². The molecule has 3 rings (SSSR count). The molecule has 88 valence electrons. The lowest BCUT2D eigenvalue weighted by molar-refractivity contribution is -0.131. The van der Waals surface area contributed by atoms with Crippen molar-refractivity contribution >= 4 is 28.6 Å². The largest absolute Gasteiger partial charge is 0.426 e. The summed E-state index contributed by atoms with van der Waals surface area (Å²) < 4.78 is 5.11. The molecule has 0 saturated carbocycles. The normalized spacial score (nSPS) is 12.8. The van der Waals surface area contributed by atoms with Crippen LogP contribution in [0.2, 0.25) is 0 Å². The number of rotatable bonds is 1. The summed E-state index contributed by atoms with van der Waals surface area (Å²) >= 11 is 0. The van der Waals surface area contributed by atoms with E-state index in [1.807, 2.05) is 24.3 Å². The first kappa shape index (κ1) is 10.7. The SMILES string of the molecule is CC(=O)Oc1ccc2cccc3c2c1C(=O)C=C3. The lowest BCUT2D eigenvalue weighted by atomic mass is 9.91. The van der Waals surface area contributed by atoms with Gasteiger partial charge < -0.3 is 4.74 Å². The van der Waals surface area contributed by atoms with E-state index >= 15 is 0 Å². The van der Waals surface area contributed by atoms with Crippen molar-refractivity contribution in [2.75, 3.05) is 0 Å². The highest BCUT2D eigenvalue weighted by Crippen LogP contribution is 2.34. The van der Waals surface area contributed by atoms with Gasteiger partial charge >= 0.3 is 5.97 Å². The first-order valence-electron chi connectivity index (χ1n) is 5.63. The van der Waals surface area contributed by atoms with Gasteiger partial charge in [-0.1, -0.05) is 30.3 Å². The van der Waals surface area contributed by atoms with Gasteiger partial charge in [-0.25, -0.2) is 0 Å². The standard InChI is InChI=1S/C15H10O3/c1-9(16)18-13-8-6-11-4-2-3-10-5-7-12(17)15(13)14(10)11/h2-8H,1H3. The number of carbonyl (C=O) groups is 2. The van der Waals surface area contributed by atoms with Crippen molar-refractivity contribution in [2.45, 2.75) is 6.92 Å². The van der Waals surface area contributed by atoms with Crippen LogP contribution in [0.5, 0.6) is 5.75 Å². The van der Waals surface area contributed by atoms with Crippen LogP contribution in [0.3, 0.4) is 0 Å². The summed E-state index contributed by atoms with van der Waals surface area (Å²) in [4.78, 5) is 23.1. The molecule has 3 nitrogen and oxygen atoms in total. The number of ketones is 1. The van der Waals surface area contributed by atoms with Crippen LogP contribution in [0.1, 0.15) is 22.8 Å². The number of ether oxygens (including phenoxy) is 1. The van der Waals surface area contributed by atoms with Crippen molar-refractivity contribution in [3.05, 3.63) is 47.5 Å². The van der Waals surface area contributed by atoms with E-state index in [0.29, 0.717) is 11.3 Å². The molecule has 0 unspecified atom stereocenters. The predicted octanol–water partition coefficient (Wildman–Crippen LogP) is 2.97. The molecule has 0 aromatic heterocycles. The number of benzene rings is 2. The van der Waals surface area contributed by atoms with E-state index in [1.165, 1.54) is 13.0 Å². The average Bonchev–Trinajstić information content (AvgIpc) is 2.34. The third-order valence-electron chi connectivity index (χ3n) is 2.95. The summed E-state index contributed by atoms with van der Waals surface area (Å²) in [6.07, 6.45) is 3.29. The molecule has 0 amide bonds. The lowest BCUT2D eigenvalue weighted by Gasteiger charge is -2.15. The van der Waals surface area contributed by atoms with Crippen molar-refractivity contribution in [1.82, 2.24) is 0 Å². The number of carbonyl (C=O) groups excluding carboxylic acids is 2. The lowest BCUT2D eigenvalue weighted by Crippen LogP contribution is -2.09. The second-order valence-corrected chi connectivity index (χ2v) is 4.18. The molecule has 18 heavy (non-hydrogen) atoms. The van der Waals surface area contributed by atoms with E-state index in [1.54, 1.807) is 12.1 Å². The fourth-order valence-electron chi connectivity index (χ4n) is 2.26. The van der Waals surface area contributed by atoms with Crippen molar-refractivity contribution < 1.29 is 14.3 Å². The van der Waals surface area contributed by atoms with Gasteiger partial charge in [-0.15, -0.1) is 0 Å². The van der Waals surface area contributed by atoms with E-state index in [2.05, 4.69) is 0 Å². The molecule has 0 N–H and O–H groups in total. The van der Waals surface area contributed by atoms with Gasteiger partial charge in [0.1, 0.15) is 5.75 Å². The Bertz CT molecular complexity index is 711. The van der Waals surface area contributed by atoms with E-state index < -0.39 is 5.97 Å².